The van der Waals surface area contributed by atoms with Gasteiger partial charge in [-0.25, -0.2) is 18.4 Å². The van der Waals surface area contributed by atoms with Crippen molar-refractivity contribution in [2.75, 3.05) is 6.26 Å². The summed E-state index contributed by atoms with van der Waals surface area (Å²) in [4.78, 5) is 41.9. The summed E-state index contributed by atoms with van der Waals surface area (Å²) in [5, 5.41) is 0. The molecule has 1 fully saturated rings. The standard InChI is InChI=1S/C23H19N5O5S/c1-34(31,32)16-4-2-15(3-5-16)33-20-11-18-17(26-23(27-18)19-12-24-8-9-25-19)10-14(20)13-28-21(29)6-7-22(28)30/h2-5,8-12H,6-7,13H2,1H3,(H,26,27). The molecule has 4 aromatic rings. The number of aromatic amines is 1. The van der Waals surface area contributed by atoms with Gasteiger partial charge in [-0.2, -0.15) is 0 Å². The Morgan fingerprint density at radius 2 is 1.79 bits per heavy atom. The van der Waals surface area contributed by atoms with Gasteiger partial charge >= 0.3 is 0 Å². The van der Waals surface area contributed by atoms with E-state index in [1.54, 1.807) is 42.9 Å². The van der Waals surface area contributed by atoms with E-state index in [1.165, 1.54) is 17.0 Å². The molecule has 3 heterocycles. The summed E-state index contributed by atoms with van der Waals surface area (Å²) in [6, 6.07) is 9.49. The predicted octanol–water partition coefficient (Wildman–Crippen LogP) is 2.86. The summed E-state index contributed by atoms with van der Waals surface area (Å²) in [5.41, 5.74) is 2.42. The molecule has 34 heavy (non-hydrogen) atoms. The Hall–Kier alpha value is -4.12. The first-order chi connectivity index (χ1) is 16.3. The van der Waals surface area contributed by atoms with Crippen LogP contribution in [0.4, 0.5) is 0 Å². The van der Waals surface area contributed by atoms with Crippen molar-refractivity contribution in [2.24, 2.45) is 0 Å². The predicted molar refractivity (Wildman–Crippen MR) is 122 cm³/mol. The third-order valence-electron chi connectivity index (χ3n) is 5.43. The fraction of sp³-hybridized carbons (Fsp3) is 0.174. The van der Waals surface area contributed by atoms with Gasteiger partial charge in [0, 0.05) is 43.1 Å². The van der Waals surface area contributed by atoms with Crippen molar-refractivity contribution in [3.05, 3.63) is 60.6 Å². The van der Waals surface area contributed by atoms with E-state index in [2.05, 4.69) is 19.9 Å². The number of imidazole rings is 1. The van der Waals surface area contributed by atoms with Gasteiger partial charge in [-0.1, -0.05) is 0 Å². The van der Waals surface area contributed by atoms with Gasteiger partial charge in [0.2, 0.25) is 11.8 Å². The van der Waals surface area contributed by atoms with E-state index >= 15 is 0 Å². The van der Waals surface area contributed by atoms with Gasteiger partial charge in [-0.15, -0.1) is 0 Å². The summed E-state index contributed by atoms with van der Waals surface area (Å²) in [6.07, 6.45) is 6.21. The van der Waals surface area contributed by atoms with Crippen molar-refractivity contribution >= 4 is 32.7 Å². The van der Waals surface area contributed by atoms with Crippen LogP contribution in [0.1, 0.15) is 18.4 Å². The van der Waals surface area contributed by atoms with E-state index in [0.717, 1.165) is 6.26 Å². The molecule has 0 radical (unpaired) electrons. The summed E-state index contributed by atoms with van der Waals surface area (Å²) in [6.45, 7) is 0.0455. The molecule has 1 saturated heterocycles. The monoisotopic (exact) mass is 477 g/mol. The van der Waals surface area contributed by atoms with E-state index in [0.29, 0.717) is 39.6 Å². The van der Waals surface area contributed by atoms with E-state index in [1.807, 2.05) is 0 Å². The lowest BCUT2D eigenvalue weighted by Crippen LogP contribution is -2.28. The number of carbonyl (C=O) groups excluding carboxylic acids is 2. The van der Waals surface area contributed by atoms with Crippen LogP contribution < -0.4 is 4.74 Å². The SMILES string of the molecule is CS(=O)(=O)c1ccc(Oc2cc3nc(-c4cnccn4)[nH]c3cc2CN2C(=O)CCC2=O)cc1. The molecular weight excluding hydrogens is 458 g/mol. The van der Waals surface area contributed by atoms with Crippen LogP contribution in [0.25, 0.3) is 22.6 Å². The molecule has 1 aliphatic rings. The average Bonchev–Trinajstić information content (AvgIpc) is 3.37. The number of H-pyrrole nitrogens is 1. The van der Waals surface area contributed by atoms with Gasteiger partial charge in [-0.05, 0) is 30.3 Å². The van der Waals surface area contributed by atoms with Gasteiger partial charge < -0.3 is 9.72 Å². The Bertz CT molecular complexity index is 1500. The third kappa shape index (κ3) is 4.25. The zero-order chi connectivity index (χ0) is 23.9. The van der Waals surface area contributed by atoms with Crippen LogP contribution in [0.15, 0.2) is 59.9 Å². The van der Waals surface area contributed by atoms with E-state index in [9.17, 15) is 18.0 Å². The lowest BCUT2D eigenvalue weighted by molar-refractivity contribution is -0.139. The fourth-order valence-corrected chi connectivity index (χ4v) is 4.33. The first-order valence-corrected chi connectivity index (χ1v) is 12.3. The van der Waals surface area contributed by atoms with E-state index in [-0.39, 0.29) is 36.1 Å². The van der Waals surface area contributed by atoms with Crippen LogP contribution in [-0.4, -0.2) is 51.3 Å². The number of ether oxygens (including phenoxy) is 1. The average molecular weight is 478 g/mol. The van der Waals surface area contributed by atoms with Gasteiger partial charge in [0.15, 0.2) is 15.7 Å². The molecule has 5 rings (SSSR count). The van der Waals surface area contributed by atoms with Crippen LogP contribution in [0.5, 0.6) is 11.5 Å². The van der Waals surface area contributed by atoms with Crippen LogP contribution in [0.3, 0.4) is 0 Å². The number of nitrogens with one attached hydrogen (secondary N) is 1. The number of aromatic nitrogens is 4. The lowest BCUT2D eigenvalue weighted by Gasteiger charge is -2.17. The molecule has 0 atom stereocenters. The molecule has 0 bridgehead atoms. The summed E-state index contributed by atoms with van der Waals surface area (Å²) in [7, 11) is -3.34. The number of fused-ring (bicyclic) bond motifs is 1. The third-order valence-corrected chi connectivity index (χ3v) is 6.56. The summed E-state index contributed by atoms with van der Waals surface area (Å²) in [5.74, 6) is 0.829. The highest BCUT2D eigenvalue weighted by molar-refractivity contribution is 7.90. The fourth-order valence-electron chi connectivity index (χ4n) is 3.70. The quantitative estimate of drug-likeness (QED) is 0.419. The number of imide groups is 1. The minimum atomic E-state index is -3.34. The van der Waals surface area contributed by atoms with Crippen LogP contribution in [-0.2, 0) is 26.0 Å². The topological polar surface area (TPSA) is 135 Å². The minimum Gasteiger partial charge on any atom is -0.457 e. The highest BCUT2D eigenvalue weighted by Crippen LogP contribution is 2.33. The number of nitrogens with zero attached hydrogens (tertiary/aromatic N) is 4. The first kappa shape index (κ1) is 21.7. The molecule has 2 aromatic heterocycles. The van der Waals surface area contributed by atoms with Crippen LogP contribution in [0, 0.1) is 0 Å². The smallest absolute Gasteiger partial charge is 0.230 e. The van der Waals surface area contributed by atoms with Crippen molar-refractivity contribution in [1.82, 2.24) is 24.8 Å². The number of likely N-dealkylation sites (tertiary alicyclic amines) is 1. The highest BCUT2D eigenvalue weighted by Gasteiger charge is 2.30. The highest BCUT2D eigenvalue weighted by atomic mass is 32.2. The first-order valence-electron chi connectivity index (χ1n) is 10.4. The van der Waals surface area contributed by atoms with Crippen LogP contribution in [0.2, 0.25) is 0 Å². The lowest BCUT2D eigenvalue weighted by atomic mass is 10.1. The normalized spacial score (nSPS) is 14.2. The molecule has 2 aromatic carbocycles. The molecule has 10 nitrogen and oxygen atoms in total. The van der Waals surface area contributed by atoms with Gasteiger partial charge in [0.05, 0.1) is 28.7 Å². The Labute approximate surface area is 194 Å². The summed E-state index contributed by atoms with van der Waals surface area (Å²) >= 11 is 0. The Balaban J connectivity index is 1.55. The maximum absolute atomic E-state index is 12.2. The second-order valence-corrected chi connectivity index (χ2v) is 9.89. The molecule has 1 aliphatic heterocycles. The van der Waals surface area contributed by atoms with E-state index in [4.69, 9.17) is 4.74 Å². The maximum Gasteiger partial charge on any atom is 0.230 e. The molecule has 0 saturated carbocycles. The molecule has 2 amide bonds. The zero-order valence-corrected chi connectivity index (χ0v) is 18.9. The van der Waals surface area contributed by atoms with Crippen molar-refractivity contribution in [3.63, 3.8) is 0 Å². The molecule has 0 spiro atoms. The molecule has 11 heteroatoms. The number of sulfone groups is 1. The Kier molecular flexibility index (Phi) is 5.33. The number of amides is 2. The largest absolute Gasteiger partial charge is 0.457 e. The van der Waals surface area contributed by atoms with Gasteiger partial charge in [0.1, 0.15) is 17.2 Å². The summed E-state index contributed by atoms with van der Waals surface area (Å²) < 4.78 is 29.5. The van der Waals surface area contributed by atoms with Gasteiger partial charge in [0.25, 0.3) is 0 Å². The zero-order valence-electron chi connectivity index (χ0n) is 18.1. The molecule has 1 N–H and O–H groups in total. The van der Waals surface area contributed by atoms with E-state index < -0.39 is 9.84 Å². The molecular formula is C23H19N5O5S. The molecule has 0 aliphatic carbocycles. The number of hydrogen-bond donors (Lipinski definition) is 1. The molecule has 172 valence electrons. The second kappa shape index (κ2) is 8.34. The van der Waals surface area contributed by atoms with Gasteiger partial charge in [-0.3, -0.25) is 19.5 Å². The minimum absolute atomic E-state index is 0.0455. The number of benzene rings is 2. The number of hydrogen-bond acceptors (Lipinski definition) is 8. The van der Waals surface area contributed by atoms with Crippen molar-refractivity contribution < 1.29 is 22.7 Å². The number of rotatable bonds is 6. The number of carbonyl (C=O) groups is 2. The Morgan fingerprint density at radius 3 is 2.44 bits per heavy atom. The van der Waals surface area contributed by atoms with Crippen molar-refractivity contribution in [2.45, 2.75) is 24.3 Å². The maximum atomic E-state index is 12.2. The van der Waals surface area contributed by atoms with Crippen LogP contribution >= 0.6 is 0 Å². The second-order valence-electron chi connectivity index (χ2n) is 7.87. The van der Waals surface area contributed by atoms with Crippen molar-refractivity contribution in [3.8, 4) is 23.0 Å². The molecule has 0 unspecified atom stereocenters. The Morgan fingerprint density at radius 1 is 1.06 bits per heavy atom. The van der Waals surface area contributed by atoms with Crippen molar-refractivity contribution in [1.29, 1.82) is 0 Å².